The molecule has 1 heterocycles. The van der Waals surface area contributed by atoms with Gasteiger partial charge in [0.1, 0.15) is 5.78 Å². The van der Waals surface area contributed by atoms with Crippen LogP contribution in [0.15, 0.2) is 0 Å². The number of carbonyl (C=O) groups is 1. The summed E-state index contributed by atoms with van der Waals surface area (Å²) in [5, 5.41) is 3.30. The van der Waals surface area contributed by atoms with E-state index in [2.05, 4.69) is 19.2 Å². The highest BCUT2D eigenvalue weighted by Crippen LogP contribution is 2.21. The molecule has 1 atom stereocenters. The van der Waals surface area contributed by atoms with Crippen LogP contribution < -0.4 is 5.32 Å². The Morgan fingerprint density at radius 2 is 2.15 bits per heavy atom. The van der Waals surface area contributed by atoms with Gasteiger partial charge < -0.3 is 5.32 Å². The Morgan fingerprint density at radius 3 is 2.69 bits per heavy atom. The molecule has 0 aliphatic carbocycles. The number of hydrogen-bond donors (Lipinski definition) is 1. The van der Waals surface area contributed by atoms with Crippen LogP contribution in [-0.4, -0.2) is 18.9 Å². The van der Waals surface area contributed by atoms with Crippen LogP contribution >= 0.6 is 0 Å². The fourth-order valence-corrected chi connectivity index (χ4v) is 2.04. The highest BCUT2D eigenvalue weighted by atomic mass is 16.1. The van der Waals surface area contributed by atoms with Gasteiger partial charge in [0.2, 0.25) is 0 Å². The van der Waals surface area contributed by atoms with E-state index in [0.29, 0.717) is 11.7 Å². The van der Waals surface area contributed by atoms with Gasteiger partial charge in [0, 0.05) is 25.4 Å². The number of ketones is 1. The van der Waals surface area contributed by atoms with Crippen molar-refractivity contribution in [3.63, 3.8) is 0 Å². The molecule has 0 spiro atoms. The van der Waals surface area contributed by atoms with E-state index < -0.39 is 0 Å². The third-order valence-corrected chi connectivity index (χ3v) is 3.17. The Labute approximate surface area is 81.1 Å². The normalized spacial score (nSPS) is 23.9. The van der Waals surface area contributed by atoms with Gasteiger partial charge in [-0.1, -0.05) is 26.7 Å². The summed E-state index contributed by atoms with van der Waals surface area (Å²) < 4.78 is 0. The van der Waals surface area contributed by atoms with Gasteiger partial charge in [-0.25, -0.2) is 0 Å². The molecule has 2 heteroatoms. The van der Waals surface area contributed by atoms with E-state index in [1.807, 2.05) is 0 Å². The summed E-state index contributed by atoms with van der Waals surface area (Å²) in [6, 6.07) is 0. The number of piperidine rings is 1. The summed E-state index contributed by atoms with van der Waals surface area (Å²) in [5.74, 6) is 1.53. The van der Waals surface area contributed by atoms with Gasteiger partial charge >= 0.3 is 0 Å². The third kappa shape index (κ3) is 3.11. The highest BCUT2D eigenvalue weighted by Gasteiger charge is 2.23. The van der Waals surface area contributed by atoms with Gasteiger partial charge in [0.15, 0.2) is 0 Å². The SMILES string of the molecule is CCC(CC)CC1CNCCC1=O. The lowest BCUT2D eigenvalue weighted by molar-refractivity contribution is -0.124. The van der Waals surface area contributed by atoms with Gasteiger partial charge in [0.25, 0.3) is 0 Å². The highest BCUT2D eigenvalue weighted by molar-refractivity contribution is 5.82. The van der Waals surface area contributed by atoms with Gasteiger partial charge in [0.05, 0.1) is 0 Å². The molecule has 0 bridgehead atoms. The first-order valence-corrected chi connectivity index (χ1v) is 5.51. The van der Waals surface area contributed by atoms with Crippen molar-refractivity contribution in [2.45, 2.75) is 39.5 Å². The maximum atomic E-state index is 11.5. The number of hydrogen-bond acceptors (Lipinski definition) is 2. The molecular formula is C11H21NO. The van der Waals surface area contributed by atoms with Gasteiger partial charge in [-0.15, -0.1) is 0 Å². The van der Waals surface area contributed by atoms with Crippen molar-refractivity contribution in [3.8, 4) is 0 Å². The predicted molar refractivity (Wildman–Crippen MR) is 54.7 cm³/mol. The number of rotatable bonds is 4. The maximum Gasteiger partial charge on any atom is 0.138 e. The molecule has 0 radical (unpaired) electrons. The summed E-state index contributed by atoms with van der Waals surface area (Å²) in [7, 11) is 0. The van der Waals surface area contributed by atoms with E-state index in [1.54, 1.807) is 0 Å². The summed E-state index contributed by atoms with van der Waals surface area (Å²) >= 11 is 0. The first kappa shape index (κ1) is 10.7. The standard InChI is InChI=1S/C11H21NO/c1-3-9(4-2)7-10-8-12-6-5-11(10)13/h9-10,12H,3-8H2,1-2H3. The van der Waals surface area contributed by atoms with Crippen molar-refractivity contribution in [3.05, 3.63) is 0 Å². The van der Waals surface area contributed by atoms with E-state index in [9.17, 15) is 4.79 Å². The molecule has 0 aromatic rings. The quantitative estimate of drug-likeness (QED) is 0.722. The molecule has 0 amide bonds. The van der Waals surface area contributed by atoms with Crippen LogP contribution in [-0.2, 0) is 4.79 Å². The molecular weight excluding hydrogens is 162 g/mol. The van der Waals surface area contributed by atoms with Crippen LogP contribution in [0.1, 0.15) is 39.5 Å². The Morgan fingerprint density at radius 1 is 1.46 bits per heavy atom. The lowest BCUT2D eigenvalue weighted by Gasteiger charge is -2.24. The summed E-state index contributed by atoms with van der Waals surface area (Å²) in [5.41, 5.74) is 0. The predicted octanol–water partition coefficient (Wildman–Crippen LogP) is 1.99. The van der Waals surface area contributed by atoms with Crippen molar-refractivity contribution in [1.82, 2.24) is 5.32 Å². The van der Waals surface area contributed by atoms with Crippen LogP contribution in [0.3, 0.4) is 0 Å². The zero-order valence-corrected chi connectivity index (χ0v) is 8.81. The fraction of sp³-hybridized carbons (Fsp3) is 0.909. The van der Waals surface area contributed by atoms with Crippen molar-refractivity contribution in [2.24, 2.45) is 11.8 Å². The minimum absolute atomic E-state index is 0.304. The zero-order valence-electron chi connectivity index (χ0n) is 8.81. The lowest BCUT2D eigenvalue weighted by atomic mass is 9.86. The zero-order chi connectivity index (χ0) is 9.68. The second-order valence-electron chi connectivity index (χ2n) is 4.04. The molecule has 1 aliphatic heterocycles. The average molecular weight is 183 g/mol. The van der Waals surface area contributed by atoms with E-state index in [1.165, 1.54) is 12.8 Å². The van der Waals surface area contributed by atoms with Crippen molar-refractivity contribution in [1.29, 1.82) is 0 Å². The van der Waals surface area contributed by atoms with Crippen LogP contribution in [0.25, 0.3) is 0 Å². The molecule has 0 saturated carbocycles. The van der Waals surface area contributed by atoms with Crippen molar-refractivity contribution >= 4 is 5.78 Å². The monoisotopic (exact) mass is 183 g/mol. The molecule has 1 fully saturated rings. The largest absolute Gasteiger partial charge is 0.316 e. The molecule has 1 saturated heterocycles. The Bertz CT molecular complexity index is 163. The number of Topliss-reactive ketones (excluding diaryl/α,β-unsaturated/α-hetero) is 1. The molecule has 0 aromatic heterocycles. The van der Waals surface area contributed by atoms with Crippen LogP contribution in [0.5, 0.6) is 0 Å². The van der Waals surface area contributed by atoms with E-state index in [4.69, 9.17) is 0 Å². The first-order chi connectivity index (χ1) is 6.27. The third-order valence-electron chi connectivity index (χ3n) is 3.17. The molecule has 76 valence electrons. The average Bonchev–Trinajstić information content (AvgIpc) is 2.17. The second kappa shape index (κ2) is 5.38. The van der Waals surface area contributed by atoms with Crippen LogP contribution in [0, 0.1) is 11.8 Å². The topological polar surface area (TPSA) is 29.1 Å². The molecule has 2 nitrogen and oxygen atoms in total. The smallest absolute Gasteiger partial charge is 0.138 e. The molecule has 1 rings (SSSR count). The summed E-state index contributed by atoms with van der Waals surface area (Å²) in [4.78, 5) is 11.5. The van der Waals surface area contributed by atoms with Crippen LogP contribution in [0.4, 0.5) is 0 Å². The summed E-state index contributed by atoms with van der Waals surface area (Å²) in [6.07, 6.45) is 4.25. The Balaban J connectivity index is 2.36. The fourth-order valence-electron chi connectivity index (χ4n) is 2.04. The lowest BCUT2D eigenvalue weighted by Crippen LogP contribution is -2.37. The Hall–Kier alpha value is -0.370. The molecule has 0 aromatic carbocycles. The molecule has 13 heavy (non-hydrogen) atoms. The summed E-state index contributed by atoms with van der Waals surface area (Å²) in [6.45, 7) is 6.23. The van der Waals surface area contributed by atoms with Crippen LogP contribution in [0.2, 0.25) is 0 Å². The molecule has 1 unspecified atom stereocenters. The Kier molecular flexibility index (Phi) is 4.43. The van der Waals surface area contributed by atoms with Gasteiger partial charge in [-0.3, -0.25) is 4.79 Å². The van der Waals surface area contributed by atoms with E-state index in [-0.39, 0.29) is 0 Å². The number of nitrogens with one attached hydrogen (secondary N) is 1. The molecule has 1 N–H and O–H groups in total. The molecule has 1 aliphatic rings. The first-order valence-electron chi connectivity index (χ1n) is 5.51. The minimum atomic E-state index is 0.304. The van der Waals surface area contributed by atoms with Gasteiger partial charge in [-0.05, 0) is 12.3 Å². The van der Waals surface area contributed by atoms with E-state index in [0.717, 1.165) is 31.8 Å². The number of carbonyl (C=O) groups excluding carboxylic acids is 1. The second-order valence-corrected chi connectivity index (χ2v) is 4.04. The van der Waals surface area contributed by atoms with Crippen molar-refractivity contribution < 1.29 is 4.79 Å². The van der Waals surface area contributed by atoms with E-state index >= 15 is 0 Å². The van der Waals surface area contributed by atoms with Crippen molar-refractivity contribution in [2.75, 3.05) is 13.1 Å². The maximum absolute atomic E-state index is 11.5. The van der Waals surface area contributed by atoms with Gasteiger partial charge in [-0.2, -0.15) is 0 Å². The minimum Gasteiger partial charge on any atom is -0.316 e.